The first-order valence-corrected chi connectivity index (χ1v) is 9.62. The predicted octanol–water partition coefficient (Wildman–Crippen LogP) is -1.60. The van der Waals surface area contributed by atoms with Gasteiger partial charge in [-0.3, -0.25) is 28.8 Å². The normalized spacial score (nSPS) is 13.1. The number of carboxylic acids is 2. The molecule has 0 heterocycles. The van der Waals surface area contributed by atoms with E-state index in [1.54, 1.807) is 30.3 Å². The number of nitrogens with one attached hydrogen (secondary N) is 4. The summed E-state index contributed by atoms with van der Waals surface area (Å²) >= 11 is 0. The summed E-state index contributed by atoms with van der Waals surface area (Å²) in [4.78, 5) is 70.4. The summed E-state index contributed by atoms with van der Waals surface area (Å²) in [5.74, 6) is -5.71. The van der Waals surface area contributed by atoms with Gasteiger partial charge in [-0.2, -0.15) is 0 Å². The van der Waals surface area contributed by atoms with Gasteiger partial charge in [-0.15, -0.1) is 0 Å². The van der Waals surface area contributed by atoms with Crippen LogP contribution in [0.2, 0.25) is 0 Å². The molecule has 0 saturated carbocycles. The summed E-state index contributed by atoms with van der Waals surface area (Å²) in [7, 11) is 0. The van der Waals surface area contributed by atoms with E-state index in [4.69, 9.17) is 10.2 Å². The summed E-state index contributed by atoms with van der Waals surface area (Å²) < 4.78 is 0. The lowest BCUT2D eigenvalue weighted by Gasteiger charge is -2.23. The molecular weight excluding hydrogens is 424 g/mol. The van der Waals surface area contributed by atoms with Gasteiger partial charge in [-0.05, 0) is 12.5 Å². The van der Waals surface area contributed by atoms with Crippen molar-refractivity contribution in [2.45, 2.75) is 44.8 Å². The van der Waals surface area contributed by atoms with Gasteiger partial charge in [0.05, 0.1) is 6.42 Å². The van der Waals surface area contributed by atoms with Gasteiger partial charge in [-0.25, -0.2) is 0 Å². The Bertz CT molecular complexity index is 858. The van der Waals surface area contributed by atoms with E-state index in [2.05, 4.69) is 21.3 Å². The molecule has 0 aromatic heterocycles. The van der Waals surface area contributed by atoms with Crippen LogP contribution >= 0.6 is 0 Å². The molecule has 12 heteroatoms. The minimum Gasteiger partial charge on any atom is -0.481 e. The third-order valence-electron chi connectivity index (χ3n) is 4.15. The Morgan fingerprint density at radius 1 is 0.812 bits per heavy atom. The maximum absolute atomic E-state index is 12.7. The fraction of sp³-hybridized carbons (Fsp3) is 0.400. The molecule has 0 aliphatic rings. The van der Waals surface area contributed by atoms with E-state index in [0.29, 0.717) is 5.56 Å². The van der Waals surface area contributed by atoms with Crippen LogP contribution in [0.1, 0.15) is 25.8 Å². The van der Waals surface area contributed by atoms with Gasteiger partial charge in [0.2, 0.25) is 23.6 Å². The average molecular weight is 450 g/mol. The number of aliphatic carboxylic acids is 2. The van der Waals surface area contributed by atoms with E-state index in [9.17, 15) is 28.8 Å². The number of hydrogen-bond donors (Lipinski definition) is 6. The quantitative estimate of drug-likeness (QED) is 0.219. The van der Waals surface area contributed by atoms with Crippen LogP contribution in [0.3, 0.4) is 0 Å². The van der Waals surface area contributed by atoms with Crippen molar-refractivity contribution in [2.24, 2.45) is 0 Å². The Hall–Kier alpha value is -3.96. The molecule has 4 amide bonds. The molecule has 1 rings (SSSR count). The minimum absolute atomic E-state index is 0.00589. The molecule has 0 aliphatic heterocycles. The van der Waals surface area contributed by atoms with Crippen molar-refractivity contribution in [3.05, 3.63) is 35.9 Å². The summed E-state index contributed by atoms with van der Waals surface area (Å²) in [5, 5.41) is 27.0. The zero-order chi connectivity index (χ0) is 24.3. The summed E-state index contributed by atoms with van der Waals surface area (Å²) in [5.41, 5.74) is 0.654. The van der Waals surface area contributed by atoms with Crippen LogP contribution in [0, 0.1) is 0 Å². The number of carbonyl (C=O) groups excluding carboxylic acids is 4. The van der Waals surface area contributed by atoms with Crippen molar-refractivity contribution in [1.82, 2.24) is 21.3 Å². The van der Waals surface area contributed by atoms with E-state index in [1.807, 2.05) is 0 Å². The fourth-order valence-electron chi connectivity index (χ4n) is 2.67. The van der Waals surface area contributed by atoms with Gasteiger partial charge in [-0.1, -0.05) is 30.3 Å². The van der Waals surface area contributed by atoms with Crippen LogP contribution in [0.25, 0.3) is 0 Å². The first kappa shape index (κ1) is 26.1. The molecular formula is C20H26N4O8. The number of carbonyl (C=O) groups is 6. The zero-order valence-electron chi connectivity index (χ0n) is 17.6. The minimum atomic E-state index is -1.54. The molecule has 1 aromatic carbocycles. The summed E-state index contributed by atoms with van der Waals surface area (Å²) in [6.07, 6.45) is -0.784. The van der Waals surface area contributed by atoms with Crippen LogP contribution in [0.15, 0.2) is 30.3 Å². The molecule has 0 saturated heterocycles. The molecule has 0 unspecified atom stereocenters. The Morgan fingerprint density at radius 3 is 1.94 bits per heavy atom. The van der Waals surface area contributed by atoms with Crippen molar-refractivity contribution in [2.75, 3.05) is 6.54 Å². The number of hydrogen-bond acceptors (Lipinski definition) is 6. The number of carboxylic acid groups (broad SMARTS) is 2. The van der Waals surface area contributed by atoms with Crippen molar-refractivity contribution >= 4 is 35.6 Å². The summed E-state index contributed by atoms with van der Waals surface area (Å²) in [6, 6.07) is 4.74. The SMILES string of the molecule is CC(=O)N[C@@H](C)C(=O)N[C@@H](CC(=O)O)C(=O)N[C@@H](Cc1ccccc1)C(=O)NCC(=O)O. The first-order valence-electron chi connectivity index (χ1n) is 9.62. The second kappa shape index (κ2) is 12.7. The van der Waals surface area contributed by atoms with Gasteiger partial charge in [0.25, 0.3) is 0 Å². The lowest BCUT2D eigenvalue weighted by Crippen LogP contribution is -2.57. The Morgan fingerprint density at radius 2 is 1.41 bits per heavy atom. The highest BCUT2D eigenvalue weighted by molar-refractivity contribution is 5.96. The van der Waals surface area contributed by atoms with E-state index in [1.165, 1.54) is 13.8 Å². The molecule has 32 heavy (non-hydrogen) atoms. The summed E-state index contributed by atoms with van der Waals surface area (Å²) in [6.45, 7) is 1.86. The van der Waals surface area contributed by atoms with E-state index in [-0.39, 0.29) is 6.42 Å². The van der Waals surface area contributed by atoms with Gasteiger partial charge >= 0.3 is 11.9 Å². The first-order chi connectivity index (χ1) is 15.0. The lowest BCUT2D eigenvalue weighted by molar-refractivity contribution is -0.142. The van der Waals surface area contributed by atoms with Crippen molar-refractivity contribution in [1.29, 1.82) is 0 Å². The highest BCUT2D eigenvalue weighted by atomic mass is 16.4. The molecule has 0 spiro atoms. The highest BCUT2D eigenvalue weighted by Gasteiger charge is 2.30. The molecule has 12 nitrogen and oxygen atoms in total. The van der Waals surface area contributed by atoms with Gasteiger partial charge in [0.15, 0.2) is 0 Å². The van der Waals surface area contributed by atoms with Gasteiger partial charge < -0.3 is 31.5 Å². The molecule has 174 valence electrons. The van der Waals surface area contributed by atoms with Crippen molar-refractivity contribution < 1.29 is 39.0 Å². The molecule has 6 N–H and O–H groups in total. The van der Waals surface area contributed by atoms with Crippen LogP contribution < -0.4 is 21.3 Å². The molecule has 1 aromatic rings. The fourth-order valence-corrected chi connectivity index (χ4v) is 2.67. The Kier molecular flexibility index (Phi) is 10.3. The molecule has 3 atom stereocenters. The topological polar surface area (TPSA) is 191 Å². The van der Waals surface area contributed by atoms with Gasteiger partial charge in [0, 0.05) is 13.3 Å². The maximum atomic E-state index is 12.7. The van der Waals surface area contributed by atoms with Crippen molar-refractivity contribution in [3.8, 4) is 0 Å². The molecule has 0 bridgehead atoms. The third kappa shape index (κ3) is 9.69. The van der Waals surface area contributed by atoms with E-state index < -0.39 is 66.7 Å². The third-order valence-corrected chi connectivity index (χ3v) is 4.15. The smallest absolute Gasteiger partial charge is 0.322 e. The van der Waals surface area contributed by atoms with Crippen LogP contribution in [-0.2, 0) is 35.2 Å². The molecule has 0 radical (unpaired) electrons. The van der Waals surface area contributed by atoms with E-state index >= 15 is 0 Å². The number of amides is 4. The predicted molar refractivity (Wildman–Crippen MR) is 110 cm³/mol. The Labute approximate surface area is 183 Å². The molecule has 0 aliphatic carbocycles. The van der Waals surface area contributed by atoms with E-state index in [0.717, 1.165) is 0 Å². The van der Waals surface area contributed by atoms with Crippen LogP contribution in [0.5, 0.6) is 0 Å². The average Bonchev–Trinajstić information content (AvgIpc) is 2.70. The maximum Gasteiger partial charge on any atom is 0.322 e. The monoisotopic (exact) mass is 450 g/mol. The largest absolute Gasteiger partial charge is 0.481 e. The Balaban J connectivity index is 3.00. The second-order valence-electron chi connectivity index (χ2n) is 6.94. The zero-order valence-corrected chi connectivity index (χ0v) is 17.6. The van der Waals surface area contributed by atoms with Crippen LogP contribution in [0.4, 0.5) is 0 Å². The standard InChI is InChI=1S/C20H26N4O8/c1-11(22-12(2)25)18(30)23-15(9-16(26)27)20(32)24-14(19(31)21-10-17(28)29)8-13-6-4-3-5-7-13/h3-7,11,14-15H,8-10H2,1-2H3,(H,21,31)(H,22,25)(H,23,30)(H,24,32)(H,26,27)(H,28,29)/t11-,14-,15-/m0/s1. The van der Waals surface area contributed by atoms with Gasteiger partial charge in [0.1, 0.15) is 24.7 Å². The molecule has 0 fully saturated rings. The van der Waals surface area contributed by atoms with Crippen LogP contribution in [-0.4, -0.2) is 70.5 Å². The lowest BCUT2D eigenvalue weighted by atomic mass is 10.0. The van der Waals surface area contributed by atoms with Crippen molar-refractivity contribution in [3.63, 3.8) is 0 Å². The second-order valence-corrected chi connectivity index (χ2v) is 6.94. The number of rotatable bonds is 12. The number of benzene rings is 1. The highest BCUT2D eigenvalue weighted by Crippen LogP contribution is 2.05.